The van der Waals surface area contributed by atoms with Gasteiger partial charge in [-0.2, -0.15) is 8.42 Å². The second-order valence-corrected chi connectivity index (χ2v) is 8.55. The standard InChI is InChI=1S/C21H18ClN3O4S/c1-15-3-7-18(8-4-15)24(19-9-5-17(22)6-10-19)16(2)23-30(28,29)21-13-11-20(12-14-21)25(26)27/h3-14H,1-2H3/b23-16+. The number of benzene rings is 3. The number of anilines is 2. The summed E-state index contributed by atoms with van der Waals surface area (Å²) in [7, 11) is -4.08. The molecule has 0 fully saturated rings. The monoisotopic (exact) mass is 443 g/mol. The molecule has 0 unspecified atom stereocenters. The van der Waals surface area contributed by atoms with Gasteiger partial charge in [0, 0.05) is 28.5 Å². The second kappa shape index (κ2) is 8.64. The Morgan fingerprint density at radius 1 is 0.933 bits per heavy atom. The van der Waals surface area contributed by atoms with Gasteiger partial charge < -0.3 is 0 Å². The predicted octanol–water partition coefficient (Wildman–Crippen LogP) is 5.50. The van der Waals surface area contributed by atoms with Crippen molar-refractivity contribution in [2.45, 2.75) is 18.7 Å². The molecule has 0 saturated carbocycles. The van der Waals surface area contributed by atoms with Crippen molar-refractivity contribution in [1.29, 1.82) is 0 Å². The maximum absolute atomic E-state index is 12.8. The minimum Gasteiger partial charge on any atom is -0.298 e. The van der Waals surface area contributed by atoms with E-state index in [1.54, 1.807) is 36.1 Å². The molecule has 0 radical (unpaired) electrons. The summed E-state index contributed by atoms with van der Waals surface area (Å²) in [5.41, 5.74) is 2.27. The second-order valence-electron chi connectivity index (χ2n) is 6.51. The van der Waals surface area contributed by atoms with Crippen LogP contribution in [0.5, 0.6) is 0 Å². The third kappa shape index (κ3) is 4.84. The predicted molar refractivity (Wildman–Crippen MR) is 118 cm³/mol. The number of amidine groups is 1. The molecular weight excluding hydrogens is 426 g/mol. The number of rotatable bonds is 5. The first-order valence-electron chi connectivity index (χ1n) is 8.86. The van der Waals surface area contributed by atoms with Crippen LogP contribution in [0.15, 0.2) is 82.1 Å². The molecule has 0 N–H and O–H groups in total. The largest absolute Gasteiger partial charge is 0.298 e. The zero-order valence-corrected chi connectivity index (χ0v) is 17.8. The Morgan fingerprint density at radius 3 is 1.93 bits per heavy atom. The Kier molecular flexibility index (Phi) is 6.19. The number of non-ortho nitro benzene ring substituents is 1. The Hall–Kier alpha value is -3.23. The van der Waals surface area contributed by atoms with E-state index in [9.17, 15) is 18.5 Å². The van der Waals surface area contributed by atoms with Gasteiger partial charge in [0.15, 0.2) is 0 Å². The van der Waals surface area contributed by atoms with Crippen LogP contribution >= 0.6 is 11.6 Å². The van der Waals surface area contributed by atoms with Crippen LogP contribution in [0.4, 0.5) is 17.1 Å². The number of sulfonamides is 1. The summed E-state index contributed by atoms with van der Waals surface area (Å²) < 4.78 is 29.6. The minimum atomic E-state index is -4.08. The fraction of sp³-hybridized carbons (Fsp3) is 0.0952. The number of hydrogen-bond donors (Lipinski definition) is 0. The third-order valence-electron chi connectivity index (χ3n) is 4.30. The van der Waals surface area contributed by atoms with Gasteiger partial charge in [-0.3, -0.25) is 15.0 Å². The summed E-state index contributed by atoms with van der Waals surface area (Å²) in [4.78, 5) is 11.8. The quantitative estimate of drug-likeness (QED) is 0.224. The molecule has 154 valence electrons. The van der Waals surface area contributed by atoms with Crippen LogP contribution in [0.3, 0.4) is 0 Å². The molecule has 0 spiro atoms. The molecule has 3 aromatic rings. The lowest BCUT2D eigenvalue weighted by atomic mass is 10.2. The molecular formula is C21H18ClN3O4S. The van der Waals surface area contributed by atoms with Crippen LogP contribution in [0.2, 0.25) is 5.02 Å². The van der Waals surface area contributed by atoms with Crippen molar-refractivity contribution in [3.8, 4) is 0 Å². The van der Waals surface area contributed by atoms with Crippen LogP contribution in [-0.2, 0) is 10.0 Å². The van der Waals surface area contributed by atoms with Gasteiger partial charge in [-0.15, -0.1) is 4.40 Å². The highest BCUT2D eigenvalue weighted by Crippen LogP contribution is 2.28. The summed E-state index contributed by atoms with van der Waals surface area (Å²) in [5.74, 6) is 0.208. The van der Waals surface area contributed by atoms with Crippen molar-refractivity contribution < 1.29 is 13.3 Å². The lowest BCUT2D eigenvalue weighted by Gasteiger charge is -2.24. The van der Waals surface area contributed by atoms with Crippen molar-refractivity contribution >= 4 is 44.5 Å². The molecule has 0 saturated heterocycles. The van der Waals surface area contributed by atoms with Gasteiger partial charge in [0.2, 0.25) is 0 Å². The highest BCUT2D eigenvalue weighted by Gasteiger charge is 2.19. The summed E-state index contributed by atoms with van der Waals surface area (Å²) in [6, 6.07) is 19.1. The molecule has 0 bridgehead atoms. The maximum Gasteiger partial charge on any atom is 0.283 e. The van der Waals surface area contributed by atoms with Crippen LogP contribution < -0.4 is 4.90 Å². The molecule has 0 amide bonds. The molecule has 0 aliphatic heterocycles. The Bertz CT molecular complexity index is 1150. The van der Waals surface area contributed by atoms with Crippen molar-refractivity contribution in [3.63, 3.8) is 0 Å². The third-order valence-corrected chi connectivity index (χ3v) is 5.92. The molecule has 0 aliphatic carbocycles. The minimum absolute atomic E-state index is 0.132. The lowest BCUT2D eigenvalue weighted by Crippen LogP contribution is -2.24. The first kappa shape index (κ1) is 21.5. The van der Waals surface area contributed by atoms with Crippen LogP contribution in [-0.4, -0.2) is 19.2 Å². The van der Waals surface area contributed by atoms with Crippen molar-refractivity contribution in [2.24, 2.45) is 4.40 Å². The van der Waals surface area contributed by atoms with Gasteiger partial charge in [0.05, 0.1) is 9.82 Å². The average molecular weight is 444 g/mol. The summed E-state index contributed by atoms with van der Waals surface area (Å²) in [6.45, 7) is 3.54. The SMILES string of the molecule is C/C(=N\S(=O)(=O)c1ccc([N+](=O)[O-])cc1)N(c1ccc(C)cc1)c1ccc(Cl)cc1. The number of aryl methyl sites for hydroxylation is 1. The van der Waals surface area contributed by atoms with Gasteiger partial charge >= 0.3 is 0 Å². The van der Waals surface area contributed by atoms with E-state index in [4.69, 9.17) is 11.6 Å². The van der Waals surface area contributed by atoms with E-state index in [0.29, 0.717) is 10.7 Å². The zero-order valence-electron chi connectivity index (χ0n) is 16.2. The number of hydrogen-bond acceptors (Lipinski definition) is 4. The van der Waals surface area contributed by atoms with E-state index >= 15 is 0 Å². The van der Waals surface area contributed by atoms with E-state index in [2.05, 4.69) is 4.40 Å². The van der Waals surface area contributed by atoms with Crippen LogP contribution in [0.1, 0.15) is 12.5 Å². The molecule has 0 atom stereocenters. The van der Waals surface area contributed by atoms with Gasteiger partial charge in [0.25, 0.3) is 15.7 Å². The van der Waals surface area contributed by atoms with Gasteiger partial charge in [-0.05, 0) is 62.4 Å². The highest BCUT2D eigenvalue weighted by atomic mass is 35.5. The van der Waals surface area contributed by atoms with E-state index < -0.39 is 14.9 Å². The average Bonchev–Trinajstić information content (AvgIpc) is 2.71. The highest BCUT2D eigenvalue weighted by molar-refractivity contribution is 7.90. The zero-order chi connectivity index (χ0) is 21.9. The summed E-state index contributed by atoms with van der Waals surface area (Å²) in [6.07, 6.45) is 0. The van der Waals surface area contributed by atoms with E-state index in [-0.39, 0.29) is 16.4 Å². The normalized spacial score (nSPS) is 11.9. The van der Waals surface area contributed by atoms with Crippen molar-refractivity contribution in [1.82, 2.24) is 0 Å². The number of nitrogens with zero attached hydrogens (tertiary/aromatic N) is 3. The number of halogens is 1. The molecule has 30 heavy (non-hydrogen) atoms. The fourth-order valence-electron chi connectivity index (χ4n) is 2.81. The van der Waals surface area contributed by atoms with Gasteiger partial charge in [0.1, 0.15) is 5.84 Å². The lowest BCUT2D eigenvalue weighted by molar-refractivity contribution is -0.384. The van der Waals surface area contributed by atoms with Crippen LogP contribution in [0, 0.1) is 17.0 Å². The van der Waals surface area contributed by atoms with Gasteiger partial charge in [-0.1, -0.05) is 29.3 Å². The Balaban J connectivity index is 2.05. The molecule has 0 aromatic heterocycles. The number of nitro benzene ring substituents is 1. The van der Waals surface area contributed by atoms with E-state index in [1.807, 2.05) is 31.2 Å². The Labute approximate surface area is 179 Å². The molecule has 3 aromatic carbocycles. The summed E-state index contributed by atoms with van der Waals surface area (Å²) >= 11 is 5.99. The number of nitro groups is 1. The van der Waals surface area contributed by atoms with E-state index in [0.717, 1.165) is 23.4 Å². The van der Waals surface area contributed by atoms with Crippen molar-refractivity contribution in [3.05, 3.63) is 93.5 Å². The molecule has 0 heterocycles. The Morgan fingerprint density at radius 2 is 1.43 bits per heavy atom. The van der Waals surface area contributed by atoms with E-state index in [1.165, 1.54) is 12.1 Å². The van der Waals surface area contributed by atoms with Crippen LogP contribution in [0.25, 0.3) is 0 Å². The maximum atomic E-state index is 12.8. The summed E-state index contributed by atoms with van der Waals surface area (Å²) in [5, 5.41) is 11.4. The fourth-order valence-corrected chi connectivity index (χ4v) is 3.95. The topological polar surface area (TPSA) is 92.9 Å². The molecule has 9 heteroatoms. The first-order valence-corrected chi connectivity index (χ1v) is 10.7. The smallest absolute Gasteiger partial charge is 0.283 e. The molecule has 3 rings (SSSR count). The first-order chi connectivity index (χ1) is 14.2. The van der Waals surface area contributed by atoms with Gasteiger partial charge in [-0.25, -0.2) is 0 Å². The molecule has 7 nitrogen and oxygen atoms in total. The molecule has 0 aliphatic rings. The van der Waals surface area contributed by atoms with Crippen molar-refractivity contribution in [2.75, 3.05) is 4.90 Å².